The Hall–Kier alpha value is -2.38. The van der Waals surface area contributed by atoms with Crippen molar-refractivity contribution in [3.05, 3.63) is 52.5 Å². The molecular formula is C18H18N2O4S. The Morgan fingerprint density at radius 3 is 2.84 bits per heavy atom. The van der Waals surface area contributed by atoms with E-state index < -0.39 is 0 Å². The molecule has 0 bridgehead atoms. The van der Waals surface area contributed by atoms with Crippen LogP contribution in [0.25, 0.3) is 11.5 Å². The molecule has 3 aromatic heterocycles. The van der Waals surface area contributed by atoms with Crippen molar-refractivity contribution in [3.63, 3.8) is 0 Å². The number of hydrogen-bond acceptors (Lipinski definition) is 6. The Morgan fingerprint density at radius 1 is 1.24 bits per heavy atom. The quantitative estimate of drug-likeness (QED) is 0.693. The Labute approximate surface area is 149 Å². The maximum atomic E-state index is 13.1. The number of carbonyl (C=O) groups excluding carboxylic acids is 1. The Balaban J connectivity index is 1.58. The van der Waals surface area contributed by atoms with Crippen molar-refractivity contribution in [3.8, 4) is 11.5 Å². The smallest absolute Gasteiger partial charge is 0.276 e. The number of rotatable bonds is 5. The first-order valence-electron chi connectivity index (χ1n) is 8.23. The second-order valence-corrected chi connectivity index (χ2v) is 6.94. The van der Waals surface area contributed by atoms with E-state index in [1.165, 1.54) is 0 Å². The largest absolute Gasteiger partial charge is 0.461 e. The molecule has 1 amide bonds. The summed E-state index contributed by atoms with van der Waals surface area (Å²) in [4.78, 5) is 16.1. The lowest BCUT2D eigenvalue weighted by Gasteiger charge is -2.33. The van der Waals surface area contributed by atoms with E-state index in [1.54, 1.807) is 35.8 Å². The first-order chi connectivity index (χ1) is 12.3. The summed E-state index contributed by atoms with van der Waals surface area (Å²) in [7, 11) is 0. The van der Waals surface area contributed by atoms with Crippen LogP contribution in [0.1, 0.15) is 28.2 Å². The third-order valence-electron chi connectivity index (χ3n) is 4.29. The summed E-state index contributed by atoms with van der Waals surface area (Å²) in [5, 5.41) is 5.98. The summed E-state index contributed by atoms with van der Waals surface area (Å²) in [6.45, 7) is 1.93. The second kappa shape index (κ2) is 7.25. The average Bonchev–Trinajstić information content (AvgIpc) is 3.42. The molecule has 25 heavy (non-hydrogen) atoms. The van der Waals surface area contributed by atoms with Crippen LogP contribution in [0.3, 0.4) is 0 Å². The fraction of sp³-hybridized carbons (Fsp3) is 0.333. The zero-order chi connectivity index (χ0) is 17.1. The van der Waals surface area contributed by atoms with Gasteiger partial charge < -0.3 is 18.6 Å². The van der Waals surface area contributed by atoms with E-state index in [-0.39, 0.29) is 11.9 Å². The summed E-state index contributed by atoms with van der Waals surface area (Å²) in [5.74, 6) is 0.890. The zero-order valence-corrected chi connectivity index (χ0v) is 14.4. The van der Waals surface area contributed by atoms with Crippen LogP contribution < -0.4 is 0 Å². The van der Waals surface area contributed by atoms with Crippen LogP contribution in [0.4, 0.5) is 0 Å². The van der Waals surface area contributed by atoms with E-state index in [2.05, 4.69) is 5.16 Å². The first-order valence-corrected chi connectivity index (χ1v) is 9.11. The van der Waals surface area contributed by atoms with Crippen LogP contribution in [0.2, 0.25) is 0 Å². The van der Waals surface area contributed by atoms with Crippen LogP contribution >= 0.6 is 11.3 Å². The molecule has 0 unspecified atom stereocenters. The monoisotopic (exact) mass is 358 g/mol. The Bertz CT molecular complexity index is 804. The van der Waals surface area contributed by atoms with Crippen molar-refractivity contribution < 1.29 is 18.5 Å². The van der Waals surface area contributed by atoms with Crippen LogP contribution in [0.5, 0.6) is 0 Å². The van der Waals surface area contributed by atoms with E-state index in [9.17, 15) is 4.79 Å². The molecule has 0 radical (unpaired) electrons. The van der Waals surface area contributed by atoms with Crippen molar-refractivity contribution in [1.82, 2.24) is 10.1 Å². The molecule has 1 aliphatic rings. The molecule has 0 spiro atoms. The lowest BCUT2D eigenvalue weighted by atomic mass is 10.1. The number of aromatic nitrogens is 1. The Kier molecular flexibility index (Phi) is 4.67. The molecule has 1 saturated heterocycles. The SMILES string of the molecule is O=C(c1cc(-c2ccco2)on1)N(Cc1cccs1)C1CCOCC1. The van der Waals surface area contributed by atoms with Gasteiger partial charge in [0.25, 0.3) is 5.91 Å². The van der Waals surface area contributed by atoms with Crippen LogP contribution in [0.15, 0.2) is 50.9 Å². The molecule has 7 heteroatoms. The van der Waals surface area contributed by atoms with Crippen molar-refractivity contribution >= 4 is 17.2 Å². The molecule has 0 N–H and O–H groups in total. The van der Waals surface area contributed by atoms with Gasteiger partial charge in [0, 0.05) is 30.2 Å². The Morgan fingerprint density at radius 2 is 2.12 bits per heavy atom. The molecule has 0 aliphatic carbocycles. The lowest BCUT2D eigenvalue weighted by Crippen LogP contribution is -2.43. The third-order valence-corrected chi connectivity index (χ3v) is 5.15. The molecule has 4 rings (SSSR count). The van der Waals surface area contributed by atoms with Crippen molar-refractivity contribution in [1.29, 1.82) is 0 Å². The molecule has 0 atom stereocenters. The minimum atomic E-state index is -0.123. The van der Waals surface area contributed by atoms with Gasteiger partial charge in [-0.2, -0.15) is 0 Å². The third kappa shape index (κ3) is 3.52. The maximum absolute atomic E-state index is 13.1. The summed E-state index contributed by atoms with van der Waals surface area (Å²) in [6.07, 6.45) is 3.23. The van der Waals surface area contributed by atoms with E-state index in [0.29, 0.717) is 37.0 Å². The van der Waals surface area contributed by atoms with Gasteiger partial charge in [0.15, 0.2) is 11.5 Å². The molecular weight excluding hydrogens is 340 g/mol. The number of amides is 1. The summed E-state index contributed by atoms with van der Waals surface area (Å²) in [6, 6.07) is 9.37. The zero-order valence-electron chi connectivity index (χ0n) is 13.6. The van der Waals surface area contributed by atoms with Gasteiger partial charge in [0.2, 0.25) is 5.76 Å². The predicted molar refractivity (Wildman–Crippen MR) is 92.2 cm³/mol. The molecule has 0 aromatic carbocycles. The highest BCUT2D eigenvalue weighted by Gasteiger charge is 2.29. The van der Waals surface area contributed by atoms with Gasteiger partial charge >= 0.3 is 0 Å². The summed E-state index contributed by atoms with van der Waals surface area (Å²) < 4.78 is 16.0. The number of carbonyl (C=O) groups is 1. The fourth-order valence-electron chi connectivity index (χ4n) is 2.99. The highest BCUT2D eigenvalue weighted by atomic mass is 32.1. The number of nitrogens with zero attached hydrogens (tertiary/aromatic N) is 2. The lowest BCUT2D eigenvalue weighted by molar-refractivity contribution is 0.0264. The van der Waals surface area contributed by atoms with E-state index in [4.69, 9.17) is 13.7 Å². The van der Waals surface area contributed by atoms with Crippen molar-refractivity contribution in [2.45, 2.75) is 25.4 Å². The van der Waals surface area contributed by atoms with E-state index in [0.717, 1.165) is 17.7 Å². The molecule has 1 fully saturated rings. The number of thiophene rings is 1. The number of hydrogen-bond donors (Lipinski definition) is 0. The fourth-order valence-corrected chi connectivity index (χ4v) is 3.69. The standard InChI is InChI=1S/C18H18N2O4S/c21-18(15-11-17(24-19-15)16-4-1-7-23-16)20(12-14-3-2-10-25-14)13-5-8-22-9-6-13/h1-4,7,10-11,13H,5-6,8-9,12H2. The van der Waals surface area contributed by atoms with E-state index >= 15 is 0 Å². The predicted octanol–water partition coefficient (Wildman–Crippen LogP) is 3.82. The molecule has 0 saturated carbocycles. The maximum Gasteiger partial charge on any atom is 0.276 e. The van der Waals surface area contributed by atoms with Crippen molar-refractivity contribution in [2.75, 3.05) is 13.2 Å². The first kappa shape index (κ1) is 16.1. The van der Waals surface area contributed by atoms with Gasteiger partial charge in [-0.3, -0.25) is 4.79 Å². The van der Waals surface area contributed by atoms with Gasteiger partial charge in [-0.15, -0.1) is 11.3 Å². The van der Waals surface area contributed by atoms with Crippen LogP contribution in [-0.2, 0) is 11.3 Å². The van der Waals surface area contributed by atoms with Gasteiger partial charge in [0.05, 0.1) is 12.8 Å². The molecule has 3 aromatic rings. The minimum absolute atomic E-state index is 0.123. The highest BCUT2D eigenvalue weighted by molar-refractivity contribution is 7.09. The molecule has 130 valence electrons. The molecule has 4 heterocycles. The van der Waals surface area contributed by atoms with Crippen molar-refractivity contribution in [2.24, 2.45) is 0 Å². The topological polar surface area (TPSA) is 68.7 Å². The van der Waals surface area contributed by atoms with Gasteiger partial charge in [-0.25, -0.2) is 0 Å². The average molecular weight is 358 g/mol. The second-order valence-electron chi connectivity index (χ2n) is 5.91. The van der Waals surface area contributed by atoms with E-state index in [1.807, 2.05) is 22.4 Å². The van der Waals surface area contributed by atoms with Crippen LogP contribution in [0, 0.1) is 0 Å². The molecule has 6 nitrogen and oxygen atoms in total. The number of ether oxygens (including phenoxy) is 1. The van der Waals surface area contributed by atoms with Gasteiger partial charge in [0.1, 0.15) is 0 Å². The van der Waals surface area contributed by atoms with Crippen LogP contribution in [-0.4, -0.2) is 35.2 Å². The number of furan rings is 1. The molecule has 1 aliphatic heterocycles. The summed E-state index contributed by atoms with van der Waals surface area (Å²) in [5.41, 5.74) is 0.300. The normalized spacial score (nSPS) is 15.4. The highest BCUT2D eigenvalue weighted by Crippen LogP contribution is 2.25. The summed E-state index contributed by atoms with van der Waals surface area (Å²) >= 11 is 1.65. The minimum Gasteiger partial charge on any atom is -0.461 e. The van der Waals surface area contributed by atoms with Gasteiger partial charge in [-0.05, 0) is 36.4 Å². The van der Waals surface area contributed by atoms with Gasteiger partial charge in [-0.1, -0.05) is 11.2 Å².